The van der Waals surface area contributed by atoms with E-state index in [9.17, 15) is 14.4 Å². The second-order valence-corrected chi connectivity index (χ2v) is 12.7. The van der Waals surface area contributed by atoms with E-state index in [-0.39, 0.29) is 30.3 Å². The van der Waals surface area contributed by atoms with Crippen LogP contribution in [-0.2, 0) is 25.7 Å². The van der Waals surface area contributed by atoms with Crippen LogP contribution in [0.1, 0.15) is 44.2 Å². The van der Waals surface area contributed by atoms with E-state index in [4.69, 9.17) is 21.1 Å². The molecular weight excluding hydrogens is 554 g/mol. The van der Waals surface area contributed by atoms with Gasteiger partial charge in [0, 0.05) is 22.3 Å². The summed E-state index contributed by atoms with van der Waals surface area (Å²) in [5.41, 5.74) is 0.969. The minimum absolute atomic E-state index is 0.00729. The van der Waals surface area contributed by atoms with Crippen LogP contribution in [0.15, 0.2) is 54.6 Å². The number of carbonyl (C=O) groups excluding carboxylic acids is 3. The summed E-state index contributed by atoms with van der Waals surface area (Å²) in [6.07, 6.45) is 6.13. The van der Waals surface area contributed by atoms with Gasteiger partial charge in [-0.3, -0.25) is 14.4 Å². The van der Waals surface area contributed by atoms with Crippen LogP contribution < -0.4 is 15.4 Å². The van der Waals surface area contributed by atoms with Gasteiger partial charge in [-0.1, -0.05) is 74.7 Å². The molecule has 3 amide bonds. The molecule has 3 heterocycles. The number of anilines is 1. The Hall–Kier alpha value is -3.36. The summed E-state index contributed by atoms with van der Waals surface area (Å²) < 4.78 is 12.1. The fraction of sp³-hybridized carbons (Fsp3) is 0.485. The predicted molar refractivity (Wildman–Crippen MR) is 160 cm³/mol. The average Bonchev–Trinajstić information content (AvgIpc) is 3.61. The van der Waals surface area contributed by atoms with Crippen molar-refractivity contribution in [2.75, 3.05) is 12.4 Å². The monoisotopic (exact) mass is 591 g/mol. The summed E-state index contributed by atoms with van der Waals surface area (Å²) in [6.45, 7) is 6.44. The summed E-state index contributed by atoms with van der Waals surface area (Å²) in [5.74, 6) is -1.07. The van der Waals surface area contributed by atoms with Gasteiger partial charge < -0.3 is 25.0 Å². The lowest BCUT2D eigenvalue weighted by Crippen LogP contribution is -2.57. The number of rotatable bonds is 7. The van der Waals surface area contributed by atoms with Gasteiger partial charge in [-0.15, -0.1) is 0 Å². The van der Waals surface area contributed by atoms with Gasteiger partial charge in [0.2, 0.25) is 17.7 Å². The molecule has 9 heteroatoms. The highest BCUT2D eigenvalue weighted by molar-refractivity contribution is 6.31. The van der Waals surface area contributed by atoms with Crippen LogP contribution in [0.2, 0.25) is 5.02 Å². The SMILES string of the molecule is COc1ccccc1CN1C(=O)C2C(C(=O)Nc3ccc(C)c(Cl)c3)C3C=CC2(O3)C1C(=O)NC1CCCC(C)C1C. The highest BCUT2D eigenvalue weighted by Gasteiger charge is 2.72. The Morgan fingerprint density at radius 2 is 1.93 bits per heavy atom. The lowest BCUT2D eigenvalue weighted by Gasteiger charge is -2.38. The summed E-state index contributed by atoms with van der Waals surface area (Å²) in [6, 6.07) is 11.8. The number of fused-ring (bicyclic) bond motifs is 1. The van der Waals surface area contributed by atoms with Crippen LogP contribution in [0.5, 0.6) is 5.75 Å². The van der Waals surface area contributed by atoms with Crippen molar-refractivity contribution >= 4 is 35.0 Å². The zero-order valence-corrected chi connectivity index (χ0v) is 25.2. The third-order valence-corrected chi connectivity index (χ3v) is 10.3. The van der Waals surface area contributed by atoms with Crippen LogP contribution >= 0.6 is 11.6 Å². The van der Waals surface area contributed by atoms with Gasteiger partial charge in [-0.05, 0) is 48.9 Å². The number of hydrogen-bond acceptors (Lipinski definition) is 5. The molecular formula is C33H38ClN3O5. The molecule has 8 atom stereocenters. The molecule has 222 valence electrons. The largest absolute Gasteiger partial charge is 0.496 e. The number of benzene rings is 2. The zero-order chi connectivity index (χ0) is 29.8. The van der Waals surface area contributed by atoms with Gasteiger partial charge in [-0.25, -0.2) is 0 Å². The first kappa shape index (κ1) is 28.7. The minimum atomic E-state index is -1.25. The molecule has 2 N–H and O–H groups in total. The Kier molecular flexibility index (Phi) is 7.56. The minimum Gasteiger partial charge on any atom is -0.496 e. The number of nitrogens with one attached hydrogen (secondary N) is 2. The van der Waals surface area contributed by atoms with E-state index in [1.807, 2.05) is 49.4 Å². The van der Waals surface area contributed by atoms with Crippen molar-refractivity contribution in [3.8, 4) is 5.75 Å². The Morgan fingerprint density at radius 1 is 1.14 bits per heavy atom. The van der Waals surface area contributed by atoms with E-state index in [0.29, 0.717) is 28.3 Å². The molecule has 1 aliphatic carbocycles. The molecule has 1 spiro atoms. The van der Waals surface area contributed by atoms with E-state index in [0.717, 1.165) is 30.4 Å². The highest BCUT2D eigenvalue weighted by atomic mass is 35.5. The van der Waals surface area contributed by atoms with Gasteiger partial charge in [0.1, 0.15) is 17.4 Å². The molecule has 2 saturated heterocycles. The van der Waals surface area contributed by atoms with Gasteiger partial charge >= 0.3 is 0 Å². The first-order chi connectivity index (χ1) is 20.1. The second kappa shape index (κ2) is 11.0. The maximum Gasteiger partial charge on any atom is 0.246 e. The first-order valence-corrected chi connectivity index (χ1v) is 15.2. The van der Waals surface area contributed by atoms with Crippen molar-refractivity contribution in [3.05, 3.63) is 70.8 Å². The van der Waals surface area contributed by atoms with Gasteiger partial charge in [-0.2, -0.15) is 0 Å². The Balaban J connectivity index is 1.34. The van der Waals surface area contributed by atoms with Gasteiger partial charge in [0.25, 0.3) is 0 Å². The van der Waals surface area contributed by atoms with Crippen LogP contribution in [0.4, 0.5) is 5.69 Å². The lowest BCUT2D eigenvalue weighted by atomic mass is 9.73. The molecule has 8 nitrogen and oxygen atoms in total. The number of halogens is 1. The van der Waals surface area contributed by atoms with Gasteiger partial charge in [0.15, 0.2) is 0 Å². The van der Waals surface area contributed by atoms with E-state index in [2.05, 4.69) is 24.5 Å². The normalized spacial score (nSPS) is 33.0. The van der Waals surface area contributed by atoms with Crippen molar-refractivity contribution < 1.29 is 23.9 Å². The number of amides is 3. The topological polar surface area (TPSA) is 97.0 Å². The van der Waals surface area contributed by atoms with Crippen molar-refractivity contribution in [3.63, 3.8) is 0 Å². The van der Waals surface area contributed by atoms with E-state index in [1.165, 1.54) is 0 Å². The summed E-state index contributed by atoms with van der Waals surface area (Å²) >= 11 is 6.30. The molecule has 2 aromatic carbocycles. The molecule has 42 heavy (non-hydrogen) atoms. The van der Waals surface area contributed by atoms with E-state index < -0.39 is 29.6 Å². The van der Waals surface area contributed by atoms with E-state index in [1.54, 1.807) is 24.1 Å². The van der Waals surface area contributed by atoms with Crippen LogP contribution in [0.3, 0.4) is 0 Å². The van der Waals surface area contributed by atoms with Crippen LogP contribution in [0.25, 0.3) is 0 Å². The fourth-order valence-electron chi connectivity index (χ4n) is 7.40. The number of likely N-dealkylation sites (tertiary alicyclic amines) is 1. The lowest BCUT2D eigenvalue weighted by molar-refractivity contribution is -0.142. The molecule has 4 aliphatic rings. The molecule has 2 bridgehead atoms. The van der Waals surface area contributed by atoms with Crippen LogP contribution in [-0.4, -0.2) is 53.5 Å². The summed E-state index contributed by atoms with van der Waals surface area (Å²) in [5, 5.41) is 6.78. The molecule has 6 rings (SSSR count). The standard InChI is InChI=1S/C33H38ClN3O5/c1-18-8-7-10-24(20(18)3)36-31(39)29-33-15-14-26(42-33)27(30(38)35-22-13-12-19(2)23(34)16-22)28(33)32(40)37(29)17-21-9-5-6-11-25(21)41-4/h5-6,9,11-16,18,20,24,26-29H,7-8,10,17H2,1-4H3,(H,35,38)(H,36,39). The maximum atomic E-state index is 14.4. The molecule has 3 fully saturated rings. The second-order valence-electron chi connectivity index (χ2n) is 12.3. The molecule has 3 aliphatic heterocycles. The van der Waals surface area contributed by atoms with Crippen molar-refractivity contribution in [1.29, 1.82) is 0 Å². The number of ether oxygens (including phenoxy) is 2. The number of aryl methyl sites for hydroxylation is 1. The number of hydrogen-bond donors (Lipinski definition) is 2. The predicted octanol–water partition coefficient (Wildman–Crippen LogP) is 4.89. The van der Waals surface area contributed by atoms with Gasteiger partial charge in [0.05, 0.1) is 31.6 Å². The number of carbonyl (C=O) groups is 3. The van der Waals surface area contributed by atoms with Crippen molar-refractivity contribution in [2.24, 2.45) is 23.7 Å². The highest BCUT2D eigenvalue weighted by Crippen LogP contribution is 2.55. The molecule has 0 radical (unpaired) electrons. The van der Waals surface area contributed by atoms with Crippen molar-refractivity contribution in [1.82, 2.24) is 10.2 Å². The summed E-state index contributed by atoms with van der Waals surface area (Å²) in [4.78, 5) is 44.0. The molecule has 8 unspecified atom stereocenters. The number of para-hydroxylation sites is 1. The fourth-order valence-corrected chi connectivity index (χ4v) is 7.58. The molecule has 0 aromatic heterocycles. The average molecular weight is 592 g/mol. The Labute approximate surface area is 251 Å². The smallest absolute Gasteiger partial charge is 0.246 e. The third kappa shape index (κ3) is 4.69. The number of nitrogens with zero attached hydrogens (tertiary/aromatic N) is 1. The molecule has 1 saturated carbocycles. The third-order valence-electron chi connectivity index (χ3n) is 9.93. The quantitative estimate of drug-likeness (QED) is 0.447. The zero-order valence-electron chi connectivity index (χ0n) is 24.4. The van der Waals surface area contributed by atoms with Crippen LogP contribution in [0, 0.1) is 30.6 Å². The summed E-state index contributed by atoms with van der Waals surface area (Å²) in [7, 11) is 1.58. The van der Waals surface area contributed by atoms with Crippen molar-refractivity contribution in [2.45, 2.75) is 70.4 Å². The molecule has 2 aromatic rings. The first-order valence-electron chi connectivity index (χ1n) is 14.8. The Bertz CT molecular complexity index is 1440. The number of methoxy groups -OCH3 is 1. The van der Waals surface area contributed by atoms with E-state index >= 15 is 0 Å². The maximum absolute atomic E-state index is 14.4. The Morgan fingerprint density at radius 3 is 2.69 bits per heavy atom.